The van der Waals surface area contributed by atoms with Crippen LogP contribution in [0.25, 0.3) is 0 Å². The molecule has 0 aromatic heterocycles. The Morgan fingerprint density at radius 1 is 0.862 bits per heavy atom. The van der Waals surface area contributed by atoms with E-state index < -0.39 is 39.8 Å². The van der Waals surface area contributed by atoms with Gasteiger partial charge in [0.25, 0.3) is 10.1 Å². The highest BCUT2D eigenvalue weighted by Gasteiger charge is 2.39. The fourth-order valence-electron chi connectivity index (χ4n) is 3.13. The Labute approximate surface area is 174 Å². The summed E-state index contributed by atoms with van der Waals surface area (Å²) in [4.78, 5) is 23.1. The number of hydrogen-bond acceptors (Lipinski definition) is 6. The lowest BCUT2D eigenvalue weighted by Gasteiger charge is -2.24. The number of carboxylic acid groups (broad SMARTS) is 1. The third-order valence-electron chi connectivity index (χ3n) is 4.80. The molecule has 0 saturated heterocycles. The van der Waals surface area contributed by atoms with Crippen molar-refractivity contribution in [2.24, 2.45) is 0 Å². The number of unbranched alkanes of at least 4 members (excludes halogenated alkanes) is 10. The van der Waals surface area contributed by atoms with E-state index in [0.717, 1.165) is 25.7 Å². The van der Waals surface area contributed by atoms with E-state index >= 15 is 0 Å². The van der Waals surface area contributed by atoms with E-state index in [2.05, 4.69) is 6.92 Å². The van der Waals surface area contributed by atoms with Crippen LogP contribution in [0.3, 0.4) is 0 Å². The van der Waals surface area contributed by atoms with Gasteiger partial charge in [-0.3, -0.25) is 9.35 Å². The summed E-state index contributed by atoms with van der Waals surface area (Å²) in [7, 11) is -4.16. The lowest BCUT2D eigenvalue weighted by Crippen LogP contribution is -2.42. The molecule has 0 spiro atoms. The van der Waals surface area contributed by atoms with Crippen molar-refractivity contribution in [2.75, 3.05) is 12.4 Å². The second-order valence-corrected chi connectivity index (χ2v) is 9.24. The molecule has 0 saturated carbocycles. The van der Waals surface area contributed by atoms with Crippen LogP contribution in [0.4, 0.5) is 0 Å². The minimum absolute atomic E-state index is 0.0204. The van der Waals surface area contributed by atoms with Gasteiger partial charge in [-0.15, -0.1) is 0 Å². The monoisotopic (exact) mass is 438 g/mol. The van der Waals surface area contributed by atoms with Crippen LogP contribution in [-0.2, 0) is 24.4 Å². The van der Waals surface area contributed by atoms with Crippen LogP contribution in [0.1, 0.15) is 96.8 Å². The van der Waals surface area contributed by atoms with Crippen LogP contribution in [0.2, 0.25) is 0 Å². The number of rotatable bonds is 19. The number of aliphatic hydroxyl groups is 1. The maximum atomic E-state index is 12.1. The number of carbonyl (C=O) groups excluding carboxylic acids is 1. The number of carboxylic acids is 1. The summed E-state index contributed by atoms with van der Waals surface area (Å²) >= 11 is 0. The molecule has 0 aromatic carbocycles. The Morgan fingerprint density at radius 2 is 1.34 bits per heavy atom. The van der Waals surface area contributed by atoms with E-state index in [1.54, 1.807) is 0 Å². The highest BCUT2D eigenvalue weighted by atomic mass is 32.2. The van der Waals surface area contributed by atoms with Gasteiger partial charge < -0.3 is 14.9 Å². The molecule has 0 aliphatic heterocycles. The highest BCUT2D eigenvalue weighted by Crippen LogP contribution is 2.22. The number of carbonyl (C=O) groups is 2. The lowest BCUT2D eigenvalue weighted by atomic mass is 9.92. The molecule has 0 bridgehead atoms. The van der Waals surface area contributed by atoms with E-state index in [9.17, 15) is 23.1 Å². The molecule has 29 heavy (non-hydrogen) atoms. The average Bonchev–Trinajstić information content (AvgIpc) is 2.61. The van der Waals surface area contributed by atoms with Crippen molar-refractivity contribution in [1.29, 1.82) is 0 Å². The van der Waals surface area contributed by atoms with Gasteiger partial charge in [0, 0.05) is 0 Å². The zero-order valence-electron chi connectivity index (χ0n) is 17.6. The predicted molar refractivity (Wildman–Crippen MR) is 110 cm³/mol. The average molecular weight is 439 g/mol. The molecular weight excluding hydrogens is 400 g/mol. The third kappa shape index (κ3) is 16.3. The summed E-state index contributed by atoms with van der Waals surface area (Å²) in [6.07, 6.45) is 11.1. The van der Waals surface area contributed by atoms with Gasteiger partial charge in [0.1, 0.15) is 0 Å². The molecule has 0 aliphatic carbocycles. The smallest absolute Gasteiger partial charge is 0.338 e. The summed E-state index contributed by atoms with van der Waals surface area (Å²) in [5.74, 6) is -2.95. The van der Waals surface area contributed by atoms with Gasteiger partial charge >= 0.3 is 11.9 Å². The molecule has 0 amide bonds. The van der Waals surface area contributed by atoms with Crippen molar-refractivity contribution in [1.82, 2.24) is 0 Å². The van der Waals surface area contributed by atoms with Gasteiger partial charge in [0.2, 0.25) is 0 Å². The first-order valence-corrected chi connectivity index (χ1v) is 12.3. The molecule has 3 N–H and O–H groups in total. The summed E-state index contributed by atoms with van der Waals surface area (Å²) in [5, 5.41) is 19.4. The van der Waals surface area contributed by atoms with Crippen LogP contribution in [0, 0.1) is 0 Å². The van der Waals surface area contributed by atoms with Crippen LogP contribution in [-0.4, -0.2) is 53.1 Å². The van der Waals surface area contributed by atoms with Crippen LogP contribution >= 0.6 is 0 Å². The number of hydrogen-bond donors (Lipinski definition) is 3. The Hall–Kier alpha value is -1.19. The first-order chi connectivity index (χ1) is 13.6. The Bertz CT molecular complexity index is 561. The summed E-state index contributed by atoms with van der Waals surface area (Å²) in [5.41, 5.74) is -2.12. The number of aliphatic carboxylic acids is 1. The SMILES string of the molecule is CCCCCCCCCCCCCC(O)(CC(=O)O)C(=O)OCCCS(=O)(=O)O. The lowest BCUT2D eigenvalue weighted by molar-refractivity contribution is -0.172. The van der Waals surface area contributed by atoms with Gasteiger partial charge in [-0.05, 0) is 19.3 Å². The molecular formula is C20H38O8S. The van der Waals surface area contributed by atoms with Crippen LogP contribution in [0.15, 0.2) is 0 Å². The van der Waals surface area contributed by atoms with E-state index in [4.69, 9.17) is 14.4 Å². The fourth-order valence-corrected chi connectivity index (χ4v) is 3.62. The zero-order chi connectivity index (χ0) is 22.2. The standard InChI is InChI=1S/C20H38O8S/c1-2-3-4-5-6-7-8-9-10-11-12-14-20(24,17-18(21)22)19(23)28-15-13-16-29(25,26)27/h24H,2-17H2,1H3,(H,21,22)(H,25,26,27). The number of ether oxygens (including phenoxy) is 1. The van der Waals surface area contributed by atoms with Crippen LogP contribution < -0.4 is 0 Å². The quantitative estimate of drug-likeness (QED) is 0.158. The predicted octanol–water partition coefficient (Wildman–Crippen LogP) is 3.71. The normalized spacial score (nSPS) is 13.8. The molecule has 1 atom stereocenters. The van der Waals surface area contributed by atoms with Crippen molar-refractivity contribution < 1.29 is 37.5 Å². The van der Waals surface area contributed by atoms with Crippen molar-refractivity contribution in [2.45, 2.75) is 102 Å². The van der Waals surface area contributed by atoms with Gasteiger partial charge in [-0.25, -0.2) is 4.79 Å². The van der Waals surface area contributed by atoms with Crippen molar-refractivity contribution in [3.05, 3.63) is 0 Å². The molecule has 0 aliphatic rings. The molecule has 0 fully saturated rings. The Balaban J connectivity index is 4.10. The topological polar surface area (TPSA) is 138 Å². The maximum absolute atomic E-state index is 12.1. The second kappa shape index (κ2) is 15.6. The second-order valence-electron chi connectivity index (χ2n) is 7.66. The third-order valence-corrected chi connectivity index (χ3v) is 5.60. The molecule has 1 unspecified atom stereocenters. The maximum Gasteiger partial charge on any atom is 0.338 e. The molecule has 9 heteroatoms. The molecule has 0 radical (unpaired) electrons. The first kappa shape index (κ1) is 27.8. The largest absolute Gasteiger partial charge is 0.481 e. The summed E-state index contributed by atoms with van der Waals surface area (Å²) in [6, 6.07) is 0. The van der Waals surface area contributed by atoms with Gasteiger partial charge in [0.05, 0.1) is 18.8 Å². The minimum atomic E-state index is -4.16. The molecule has 172 valence electrons. The van der Waals surface area contributed by atoms with E-state index in [1.807, 2.05) is 0 Å². The minimum Gasteiger partial charge on any atom is -0.481 e. The van der Waals surface area contributed by atoms with Crippen molar-refractivity contribution >= 4 is 22.1 Å². The van der Waals surface area contributed by atoms with Gasteiger partial charge in [-0.1, -0.05) is 71.1 Å². The van der Waals surface area contributed by atoms with E-state index in [0.29, 0.717) is 6.42 Å². The fraction of sp³-hybridized carbons (Fsp3) is 0.900. The highest BCUT2D eigenvalue weighted by molar-refractivity contribution is 7.85. The molecule has 8 nitrogen and oxygen atoms in total. The Kier molecular flexibility index (Phi) is 15.0. The van der Waals surface area contributed by atoms with E-state index in [-0.39, 0.29) is 19.4 Å². The van der Waals surface area contributed by atoms with Gasteiger partial charge in [-0.2, -0.15) is 8.42 Å². The van der Waals surface area contributed by atoms with Gasteiger partial charge in [0.15, 0.2) is 5.60 Å². The number of esters is 1. The van der Waals surface area contributed by atoms with Crippen molar-refractivity contribution in [3.8, 4) is 0 Å². The van der Waals surface area contributed by atoms with E-state index in [1.165, 1.54) is 38.5 Å². The molecule has 0 aromatic rings. The van der Waals surface area contributed by atoms with Crippen LogP contribution in [0.5, 0.6) is 0 Å². The summed E-state index contributed by atoms with van der Waals surface area (Å²) in [6.45, 7) is 1.87. The van der Waals surface area contributed by atoms with Crippen molar-refractivity contribution in [3.63, 3.8) is 0 Å². The Morgan fingerprint density at radius 3 is 1.79 bits per heavy atom. The molecule has 0 rings (SSSR count). The first-order valence-electron chi connectivity index (χ1n) is 10.7. The zero-order valence-corrected chi connectivity index (χ0v) is 18.4. The summed E-state index contributed by atoms with van der Waals surface area (Å²) < 4.78 is 34.7. The molecule has 0 heterocycles.